The van der Waals surface area contributed by atoms with Crippen LogP contribution < -0.4 is 0 Å². The van der Waals surface area contributed by atoms with Gasteiger partial charge in [-0.25, -0.2) is 0 Å². The minimum absolute atomic E-state index is 0.00546. The van der Waals surface area contributed by atoms with E-state index in [-0.39, 0.29) is 18.7 Å². The number of hydrogen-bond acceptors (Lipinski definition) is 5. The third-order valence-electron chi connectivity index (χ3n) is 2.70. The average molecular weight is 260 g/mol. The molecule has 0 spiro atoms. The number of aromatic nitrogens is 1. The summed E-state index contributed by atoms with van der Waals surface area (Å²) in [5, 5.41) is 10.7. The van der Waals surface area contributed by atoms with E-state index in [1.807, 2.05) is 0 Å². The van der Waals surface area contributed by atoms with Gasteiger partial charge >= 0.3 is 0 Å². The summed E-state index contributed by atoms with van der Waals surface area (Å²) in [5.74, 6) is -0.357. The van der Waals surface area contributed by atoms with Crippen molar-refractivity contribution >= 4 is 5.78 Å². The SMILES string of the molecule is O=C(C[C@H](C[N+](=O)[O-])c1ccco1)c1ccccn1. The molecule has 2 rings (SSSR count). The molecular weight excluding hydrogens is 248 g/mol. The summed E-state index contributed by atoms with van der Waals surface area (Å²) in [4.78, 5) is 26.2. The number of carbonyl (C=O) groups is 1. The molecular formula is C13H12N2O4. The molecule has 0 aliphatic heterocycles. The van der Waals surface area contributed by atoms with Gasteiger partial charge in [0.15, 0.2) is 5.78 Å². The molecule has 0 bridgehead atoms. The first kappa shape index (κ1) is 12.9. The van der Waals surface area contributed by atoms with Crippen molar-refractivity contribution in [3.63, 3.8) is 0 Å². The fourth-order valence-electron chi connectivity index (χ4n) is 1.81. The summed E-state index contributed by atoms with van der Waals surface area (Å²) in [6, 6.07) is 8.29. The van der Waals surface area contributed by atoms with Crippen molar-refractivity contribution in [1.82, 2.24) is 4.98 Å². The van der Waals surface area contributed by atoms with Crippen LogP contribution in [0.15, 0.2) is 47.2 Å². The Labute approximate surface area is 109 Å². The fraction of sp³-hybridized carbons (Fsp3) is 0.231. The molecule has 0 aliphatic carbocycles. The Balaban J connectivity index is 2.12. The van der Waals surface area contributed by atoms with Crippen molar-refractivity contribution in [1.29, 1.82) is 0 Å². The zero-order chi connectivity index (χ0) is 13.7. The van der Waals surface area contributed by atoms with Crippen molar-refractivity contribution in [2.45, 2.75) is 12.3 Å². The van der Waals surface area contributed by atoms with E-state index in [9.17, 15) is 14.9 Å². The molecule has 98 valence electrons. The molecule has 2 aromatic rings. The first-order chi connectivity index (χ1) is 9.16. The summed E-state index contributed by atoms with van der Waals surface area (Å²) >= 11 is 0. The van der Waals surface area contributed by atoms with Crippen molar-refractivity contribution in [3.05, 3.63) is 64.4 Å². The second kappa shape index (κ2) is 5.90. The number of carbonyl (C=O) groups excluding carboxylic acids is 1. The number of pyridine rings is 1. The van der Waals surface area contributed by atoms with Crippen LogP contribution in [0.25, 0.3) is 0 Å². The molecule has 2 heterocycles. The molecule has 6 nitrogen and oxygen atoms in total. The number of hydrogen-bond donors (Lipinski definition) is 0. The average Bonchev–Trinajstić information content (AvgIpc) is 2.92. The summed E-state index contributed by atoms with van der Waals surface area (Å²) in [6.45, 7) is -0.341. The number of Topliss-reactive ketones (excluding diaryl/α,β-unsaturated/α-hetero) is 1. The lowest BCUT2D eigenvalue weighted by atomic mass is 9.98. The maximum Gasteiger partial charge on any atom is 0.214 e. The predicted molar refractivity (Wildman–Crippen MR) is 66.5 cm³/mol. The number of ketones is 1. The molecule has 0 saturated carbocycles. The molecule has 2 aromatic heterocycles. The fourth-order valence-corrected chi connectivity index (χ4v) is 1.81. The standard InChI is InChI=1S/C13H12N2O4/c16-12(11-4-1-2-6-14-11)8-10(9-15(17)18)13-5-3-7-19-13/h1-7,10H,8-9H2/t10-/m1/s1. The predicted octanol–water partition coefficient (Wildman–Crippen LogP) is 2.31. The van der Waals surface area contributed by atoms with Gasteiger partial charge in [-0.15, -0.1) is 0 Å². The zero-order valence-electron chi connectivity index (χ0n) is 10.1. The van der Waals surface area contributed by atoms with Gasteiger partial charge in [0, 0.05) is 17.5 Å². The maximum atomic E-state index is 12.0. The van der Waals surface area contributed by atoms with Crippen molar-refractivity contribution in [2.75, 3.05) is 6.54 Å². The summed E-state index contributed by atoms with van der Waals surface area (Å²) in [5.41, 5.74) is 0.308. The molecule has 0 aromatic carbocycles. The van der Waals surface area contributed by atoms with Crippen molar-refractivity contribution in [3.8, 4) is 0 Å². The Morgan fingerprint density at radius 3 is 2.79 bits per heavy atom. The minimum Gasteiger partial charge on any atom is -0.469 e. The molecule has 0 saturated heterocycles. The lowest BCUT2D eigenvalue weighted by molar-refractivity contribution is -0.483. The largest absolute Gasteiger partial charge is 0.469 e. The lowest BCUT2D eigenvalue weighted by Gasteiger charge is -2.08. The molecule has 0 unspecified atom stereocenters. The van der Waals surface area contributed by atoms with Crippen LogP contribution in [0.5, 0.6) is 0 Å². The van der Waals surface area contributed by atoms with Crippen LogP contribution in [0.1, 0.15) is 28.6 Å². The molecule has 6 heteroatoms. The van der Waals surface area contributed by atoms with Crippen molar-refractivity contribution in [2.24, 2.45) is 0 Å². The van der Waals surface area contributed by atoms with Gasteiger partial charge in [-0.05, 0) is 24.3 Å². The van der Waals surface area contributed by atoms with Crippen LogP contribution in [0, 0.1) is 10.1 Å². The molecule has 0 N–H and O–H groups in total. The van der Waals surface area contributed by atoms with Crippen LogP contribution in [-0.4, -0.2) is 22.2 Å². The van der Waals surface area contributed by atoms with Crippen LogP contribution in [0.3, 0.4) is 0 Å². The van der Waals surface area contributed by atoms with E-state index < -0.39 is 10.8 Å². The third kappa shape index (κ3) is 3.48. The van der Waals surface area contributed by atoms with Gasteiger partial charge in [-0.3, -0.25) is 19.9 Å². The highest BCUT2D eigenvalue weighted by atomic mass is 16.6. The van der Waals surface area contributed by atoms with Gasteiger partial charge in [0.2, 0.25) is 6.54 Å². The highest BCUT2D eigenvalue weighted by molar-refractivity contribution is 5.94. The topological polar surface area (TPSA) is 86.2 Å². The number of furan rings is 1. The van der Waals surface area contributed by atoms with Crippen LogP contribution in [0.2, 0.25) is 0 Å². The van der Waals surface area contributed by atoms with E-state index in [0.29, 0.717) is 11.5 Å². The quantitative estimate of drug-likeness (QED) is 0.452. The third-order valence-corrected chi connectivity index (χ3v) is 2.70. The molecule has 1 atom stereocenters. The summed E-state index contributed by atoms with van der Waals surface area (Å²) in [6.07, 6.45) is 2.96. The minimum atomic E-state index is -0.570. The van der Waals surface area contributed by atoms with Crippen LogP contribution in [-0.2, 0) is 0 Å². The van der Waals surface area contributed by atoms with Gasteiger partial charge in [-0.2, -0.15) is 0 Å². The lowest BCUT2D eigenvalue weighted by Crippen LogP contribution is -2.16. The molecule has 0 fully saturated rings. The Bertz CT molecular complexity index is 551. The number of nitro groups is 1. The van der Waals surface area contributed by atoms with E-state index in [0.717, 1.165) is 0 Å². The van der Waals surface area contributed by atoms with Gasteiger partial charge in [0.05, 0.1) is 12.2 Å². The normalized spacial score (nSPS) is 12.0. The number of rotatable bonds is 6. The first-order valence-electron chi connectivity index (χ1n) is 5.76. The molecule has 0 radical (unpaired) electrons. The van der Waals surface area contributed by atoms with E-state index in [1.54, 1.807) is 30.3 Å². The van der Waals surface area contributed by atoms with E-state index in [2.05, 4.69) is 4.98 Å². The van der Waals surface area contributed by atoms with Gasteiger partial charge in [-0.1, -0.05) is 6.07 Å². The zero-order valence-corrected chi connectivity index (χ0v) is 10.1. The van der Waals surface area contributed by atoms with Crippen LogP contribution in [0.4, 0.5) is 0 Å². The Morgan fingerprint density at radius 1 is 1.37 bits per heavy atom. The molecule has 19 heavy (non-hydrogen) atoms. The molecule has 0 aliphatic rings. The van der Waals surface area contributed by atoms with Crippen LogP contribution >= 0.6 is 0 Å². The van der Waals surface area contributed by atoms with Crippen molar-refractivity contribution < 1.29 is 14.1 Å². The Hall–Kier alpha value is -2.50. The smallest absolute Gasteiger partial charge is 0.214 e. The number of nitrogens with zero attached hydrogens (tertiary/aromatic N) is 2. The summed E-state index contributed by atoms with van der Waals surface area (Å²) in [7, 11) is 0. The second-order valence-corrected chi connectivity index (χ2v) is 4.07. The van der Waals surface area contributed by atoms with Gasteiger partial charge < -0.3 is 4.42 Å². The Kier molecular flexibility index (Phi) is 4.02. The van der Waals surface area contributed by atoms with E-state index >= 15 is 0 Å². The molecule has 0 amide bonds. The highest BCUT2D eigenvalue weighted by Crippen LogP contribution is 2.22. The summed E-state index contributed by atoms with van der Waals surface area (Å²) < 4.78 is 5.16. The van der Waals surface area contributed by atoms with Gasteiger partial charge in [0.1, 0.15) is 11.5 Å². The highest BCUT2D eigenvalue weighted by Gasteiger charge is 2.24. The maximum absolute atomic E-state index is 12.0. The second-order valence-electron chi connectivity index (χ2n) is 4.07. The Morgan fingerprint density at radius 2 is 2.21 bits per heavy atom. The first-order valence-corrected chi connectivity index (χ1v) is 5.76. The van der Waals surface area contributed by atoms with E-state index in [1.165, 1.54) is 12.5 Å². The van der Waals surface area contributed by atoms with E-state index in [4.69, 9.17) is 4.42 Å². The monoisotopic (exact) mass is 260 g/mol. The van der Waals surface area contributed by atoms with Gasteiger partial charge in [0.25, 0.3) is 0 Å².